The smallest absolute Gasteiger partial charge is 0.305 e. The molecule has 1 aromatic carbocycles. The fourth-order valence-corrected chi connectivity index (χ4v) is 2.64. The minimum atomic E-state index is -0.840. The predicted octanol–water partition coefficient (Wildman–Crippen LogP) is 2.93. The van der Waals surface area contributed by atoms with E-state index in [1.54, 1.807) is 6.07 Å². The molecule has 0 aliphatic carbocycles. The number of carboxylic acids is 1. The molecule has 2 rings (SSSR count). The first-order valence-electron chi connectivity index (χ1n) is 7.05. The van der Waals surface area contributed by atoms with Crippen molar-refractivity contribution in [3.8, 4) is 0 Å². The van der Waals surface area contributed by atoms with Crippen LogP contribution in [0.3, 0.4) is 0 Å². The number of hydrogen-bond donors (Lipinski definition) is 1. The Bertz CT molecular complexity index is 490. The summed E-state index contributed by atoms with van der Waals surface area (Å²) < 4.78 is 18.9. The van der Waals surface area contributed by atoms with Crippen LogP contribution in [0.5, 0.6) is 0 Å². The van der Waals surface area contributed by atoms with Crippen LogP contribution in [0.25, 0.3) is 0 Å². The number of benzene rings is 1. The van der Waals surface area contributed by atoms with Gasteiger partial charge in [-0.15, -0.1) is 0 Å². The van der Waals surface area contributed by atoms with Crippen molar-refractivity contribution >= 4 is 17.6 Å². The predicted molar refractivity (Wildman–Crippen MR) is 77.9 cm³/mol. The highest BCUT2D eigenvalue weighted by atomic mass is 35.5. The molecule has 0 unspecified atom stereocenters. The van der Waals surface area contributed by atoms with Gasteiger partial charge in [0.25, 0.3) is 0 Å². The molecule has 1 aliphatic heterocycles. The number of nitrogens with zero attached hydrogens (tertiary/aromatic N) is 1. The summed E-state index contributed by atoms with van der Waals surface area (Å²) in [7, 11) is 0. The fourth-order valence-electron chi connectivity index (χ4n) is 2.46. The van der Waals surface area contributed by atoms with Crippen LogP contribution in [-0.2, 0) is 16.1 Å². The SMILES string of the molecule is O=C(O)CCOC1CCN(Cc2cccc(F)c2Cl)CC1. The van der Waals surface area contributed by atoms with Crippen LogP contribution in [0, 0.1) is 5.82 Å². The Balaban J connectivity index is 1.76. The van der Waals surface area contributed by atoms with Gasteiger partial charge in [0.1, 0.15) is 5.82 Å². The summed E-state index contributed by atoms with van der Waals surface area (Å²) in [5, 5.41) is 8.76. The van der Waals surface area contributed by atoms with E-state index in [1.807, 2.05) is 6.07 Å². The molecule has 1 N–H and O–H groups in total. The molecule has 1 aliphatic rings. The van der Waals surface area contributed by atoms with E-state index in [9.17, 15) is 9.18 Å². The molecule has 0 radical (unpaired) electrons. The third kappa shape index (κ3) is 4.95. The van der Waals surface area contributed by atoms with Crippen LogP contribution in [-0.4, -0.2) is 41.8 Å². The van der Waals surface area contributed by atoms with Gasteiger partial charge in [-0.25, -0.2) is 4.39 Å². The Morgan fingerprint density at radius 1 is 1.43 bits per heavy atom. The van der Waals surface area contributed by atoms with Crippen molar-refractivity contribution < 1.29 is 19.0 Å². The van der Waals surface area contributed by atoms with Crippen LogP contribution in [0.15, 0.2) is 18.2 Å². The van der Waals surface area contributed by atoms with E-state index < -0.39 is 5.97 Å². The summed E-state index contributed by atoms with van der Waals surface area (Å²) in [4.78, 5) is 12.6. The first-order valence-corrected chi connectivity index (χ1v) is 7.42. The third-order valence-corrected chi connectivity index (χ3v) is 4.05. The summed E-state index contributed by atoms with van der Waals surface area (Å²) in [6.45, 7) is 2.56. The van der Waals surface area contributed by atoms with E-state index in [4.69, 9.17) is 21.4 Å². The van der Waals surface area contributed by atoms with Gasteiger partial charge < -0.3 is 9.84 Å². The molecule has 1 fully saturated rings. The first-order chi connectivity index (χ1) is 10.1. The first kappa shape index (κ1) is 16.2. The maximum absolute atomic E-state index is 13.4. The topological polar surface area (TPSA) is 49.8 Å². The van der Waals surface area contributed by atoms with E-state index in [2.05, 4.69) is 4.90 Å². The molecule has 21 heavy (non-hydrogen) atoms. The standard InChI is InChI=1S/C15H19ClFNO3/c16-15-11(2-1-3-13(15)17)10-18-7-4-12(5-8-18)21-9-6-14(19)20/h1-3,12H,4-10H2,(H,19,20). The van der Waals surface area contributed by atoms with Gasteiger partial charge >= 0.3 is 5.97 Å². The number of carbonyl (C=O) groups is 1. The average Bonchev–Trinajstić information content (AvgIpc) is 2.45. The molecule has 0 amide bonds. The lowest BCUT2D eigenvalue weighted by Crippen LogP contribution is -2.36. The number of carboxylic acid groups (broad SMARTS) is 1. The minimum Gasteiger partial charge on any atom is -0.481 e. The summed E-state index contributed by atoms with van der Waals surface area (Å²) in [5.41, 5.74) is 0.793. The highest BCUT2D eigenvalue weighted by Gasteiger charge is 2.20. The molecule has 6 heteroatoms. The molecule has 1 heterocycles. The number of likely N-dealkylation sites (tertiary alicyclic amines) is 1. The molecular formula is C15H19ClFNO3. The quantitative estimate of drug-likeness (QED) is 0.877. The highest BCUT2D eigenvalue weighted by molar-refractivity contribution is 6.31. The Morgan fingerprint density at radius 3 is 2.81 bits per heavy atom. The molecule has 1 saturated heterocycles. The van der Waals surface area contributed by atoms with E-state index in [0.29, 0.717) is 6.54 Å². The normalized spacial score (nSPS) is 17.0. The second-order valence-corrected chi connectivity index (χ2v) is 5.58. The van der Waals surface area contributed by atoms with Gasteiger partial charge in [-0.05, 0) is 24.5 Å². The zero-order chi connectivity index (χ0) is 15.2. The Labute approximate surface area is 128 Å². The van der Waals surface area contributed by atoms with Crippen molar-refractivity contribution in [1.82, 2.24) is 4.90 Å². The van der Waals surface area contributed by atoms with Gasteiger partial charge in [0.05, 0.1) is 24.2 Å². The monoisotopic (exact) mass is 315 g/mol. The van der Waals surface area contributed by atoms with E-state index in [0.717, 1.165) is 31.5 Å². The number of halogens is 2. The van der Waals surface area contributed by atoms with Gasteiger partial charge in [-0.3, -0.25) is 9.69 Å². The molecule has 0 bridgehead atoms. The zero-order valence-corrected chi connectivity index (χ0v) is 12.5. The molecule has 116 valence electrons. The van der Waals surface area contributed by atoms with Gasteiger partial charge in [0.2, 0.25) is 0 Å². The molecule has 0 spiro atoms. The Kier molecular flexibility index (Phi) is 5.96. The lowest BCUT2D eigenvalue weighted by atomic mass is 10.1. The molecule has 4 nitrogen and oxygen atoms in total. The molecule has 0 saturated carbocycles. The summed E-state index contributed by atoms with van der Waals surface area (Å²) >= 11 is 5.96. The maximum Gasteiger partial charge on any atom is 0.305 e. The van der Waals surface area contributed by atoms with Gasteiger partial charge in [-0.2, -0.15) is 0 Å². The van der Waals surface area contributed by atoms with Crippen molar-refractivity contribution in [1.29, 1.82) is 0 Å². The van der Waals surface area contributed by atoms with Gasteiger partial charge in [-0.1, -0.05) is 23.7 Å². The van der Waals surface area contributed by atoms with Gasteiger partial charge in [0.15, 0.2) is 0 Å². The van der Waals surface area contributed by atoms with E-state index >= 15 is 0 Å². The largest absolute Gasteiger partial charge is 0.481 e. The maximum atomic E-state index is 13.4. The van der Waals surface area contributed by atoms with Crippen LogP contribution in [0.2, 0.25) is 5.02 Å². The van der Waals surface area contributed by atoms with Gasteiger partial charge in [0, 0.05) is 19.6 Å². The average molecular weight is 316 g/mol. The van der Waals surface area contributed by atoms with Crippen molar-refractivity contribution in [2.45, 2.75) is 31.9 Å². The van der Waals surface area contributed by atoms with Crippen molar-refractivity contribution in [2.24, 2.45) is 0 Å². The number of rotatable bonds is 6. The lowest BCUT2D eigenvalue weighted by molar-refractivity contribution is -0.138. The summed E-state index contributed by atoms with van der Waals surface area (Å²) in [5.74, 6) is -1.23. The van der Waals surface area contributed by atoms with Crippen molar-refractivity contribution in [3.05, 3.63) is 34.6 Å². The summed E-state index contributed by atoms with van der Waals surface area (Å²) in [6, 6.07) is 4.85. The second-order valence-electron chi connectivity index (χ2n) is 5.20. The molecule has 1 aromatic rings. The molecule has 0 aromatic heterocycles. The van der Waals surface area contributed by atoms with Crippen LogP contribution in [0.4, 0.5) is 4.39 Å². The Morgan fingerprint density at radius 2 is 2.14 bits per heavy atom. The second kappa shape index (κ2) is 7.73. The van der Waals surface area contributed by atoms with Crippen molar-refractivity contribution in [3.63, 3.8) is 0 Å². The van der Waals surface area contributed by atoms with Crippen LogP contribution < -0.4 is 0 Å². The van der Waals surface area contributed by atoms with Crippen molar-refractivity contribution in [2.75, 3.05) is 19.7 Å². The highest BCUT2D eigenvalue weighted by Crippen LogP contribution is 2.23. The lowest BCUT2D eigenvalue weighted by Gasteiger charge is -2.32. The number of aliphatic carboxylic acids is 1. The molecular weight excluding hydrogens is 297 g/mol. The Hall–Kier alpha value is -1.17. The van der Waals surface area contributed by atoms with Crippen LogP contribution >= 0.6 is 11.6 Å². The number of ether oxygens (including phenoxy) is 1. The fraction of sp³-hybridized carbons (Fsp3) is 0.533. The summed E-state index contributed by atoms with van der Waals surface area (Å²) in [6.07, 6.45) is 1.86. The minimum absolute atomic E-state index is 0.0408. The van der Waals surface area contributed by atoms with E-state index in [1.165, 1.54) is 6.07 Å². The van der Waals surface area contributed by atoms with Crippen LogP contribution in [0.1, 0.15) is 24.8 Å². The third-order valence-electron chi connectivity index (χ3n) is 3.63. The number of piperidine rings is 1. The van der Waals surface area contributed by atoms with E-state index in [-0.39, 0.29) is 30.0 Å². The zero-order valence-electron chi connectivity index (χ0n) is 11.7. The number of hydrogen-bond acceptors (Lipinski definition) is 3. The molecule has 0 atom stereocenters.